The first-order valence-corrected chi connectivity index (χ1v) is 13.1. The zero-order valence-corrected chi connectivity index (χ0v) is 21.3. The van der Waals surface area contributed by atoms with Gasteiger partial charge in [-0.05, 0) is 57.1 Å². The van der Waals surface area contributed by atoms with Crippen LogP contribution in [0.3, 0.4) is 0 Å². The minimum atomic E-state index is -0.0968. The van der Waals surface area contributed by atoms with Crippen molar-refractivity contribution in [3.63, 3.8) is 0 Å². The lowest BCUT2D eigenvalue weighted by atomic mass is 9.95. The van der Waals surface area contributed by atoms with Gasteiger partial charge in [-0.1, -0.05) is 24.6 Å². The first-order valence-electron chi connectivity index (χ1n) is 13.1. The molecule has 2 aromatic rings. The molecule has 4 rings (SSSR count). The molecular weight excluding hydrogens is 458 g/mol. The second kappa shape index (κ2) is 13.4. The monoisotopic (exact) mass is 497 g/mol. The predicted molar refractivity (Wildman–Crippen MR) is 140 cm³/mol. The quantitative estimate of drug-likeness (QED) is 0.275. The lowest BCUT2D eigenvalue weighted by Crippen LogP contribution is -2.28. The fourth-order valence-corrected chi connectivity index (χ4v) is 4.91. The van der Waals surface area contributed by atoms with Crippen molar-refractivity contribution in [1.29, 1.82) is 0 Å². The molecule has 196 valence electrons. The van der Waals surface area contributed by atoms with Crippen LogP contribution < -0.4 is 21.3 Å². The van der Waals surface area contributed by atoms with E-state index in [0.717, 1.165) is 11.8 Å². The summed E-state index contributed by atoms with van der Waals surface area (Å²) in [4.78, 5) is 25.6. The van der Waals surface area contributed by atoms with Gasteiger partial charge in [0.05, 0.1) is 26.4 Å². The average molecular weight is 498 g/mol. The summed E-state index contributed by atoms with van der Waals surface area (Å²) >= 11 is 0. The summed E-state index contributed by atoms with van der Waals surface area (Å²) in [6.45, 7) is 7.04. The highest BCUT2D eigenvalue weighted by Gasteiger charge is 2.39. The Hall–Kier alpha value is -2.98. The van der Waals surface area contributed by atoms with Gasteiger partial charge in [-0.15, -0.1) is 0 Å². The van der Waals surface area contributed by atoms with E-state index >= 15 is 0 Å². The molecule has 1 amide bonds. The number of ether oxygens (including phenoxy) is 2. The number of nitrogens with zero attached hydrogens (tertiary/aromatic N) is 3. The maximum Gasteiger partial charge on any atom is 0.251 e. The lowest BCUT2D eigenvalue weighted by molar-refractivity contribution is 0.0519. The van der Waals surface area contributed by atoms with Crippen molar-refractivity contribution >= 4 is 23.8 Å². The fourth-order valence-electron chi connectivity index (χ4n) is 4.91. The van der Waals surface area contributed by atoms with Gasteiger partial charge in [0.25, 0.3) is 5.91 Å². The lowest BCUT2D eigenvalue weighted by Gasteiger charge is -2.23. The number of anilines is 3. The molecule has 1 aromatic carbocycles. The third-order valence-corrected chi connectivity index (χ3v) is 6.58. The molecule has 2 saturated carbocycles. The summed E-state index contributed by atoms with van der Waals surface area (Å²) in [7, 11) is 0. The molecule has 0 radical (unpaired) electrons. The van der Waals surface area contributed by atoms with E-state index in [1.807, 2.05) is 18.2 Å². The molecule has 10 heteroatoms. The number of hydrogen-bond acceptors (Lipinski definition) is 9. The van der Waals surface area contributed by atoms with E-state index in [9.17, 15) is 4.79 Å². The predicted octanol–water partition coefficient (Wildman–Crippen LogP) is 3.17. The largest absolute Gasteiger partial charge is 0.377 e. The second-order valence-corrected chi connectivity index (χ2v) is 9.80. The molecule has 2 bridgehead atoms. The molecule has 10 nitrogen and oxygen atoms in total. The third kappa shape index (κ3) is 8.03. The number of carbonyl (C=O) groups excluding carboxylic acids is 1. The van der Waals surface area contributed by atoms with Gasteiger partial charge in [-0.3, -0.25) is 4.79 Å². The molecule has 0 aliphatic heterocycles. The van der Waals surface area contributed by atoms with Crippen LogP contribution in [0.5, 0.6) is 0 Å². The summed E-state index contributed by atoms with van der Waals surface area (Å²) in [6.07, 6.45) is 5.21. The molecule has 2 aliphatic carbocycles. The molecule has 2 fully saturated rings. The minimum Gasteiger partial charge on any atom is -0.377 e. The van der Waals surface area contributed by atoms with E-state index in [-0.39, 0.29) is 11.9 Å². The van der Waals surface area contributed by atoms with Crippen LogP contribution in [-0.2, 0) is 9.47 Å². The summed E-state index contributed by atoms with van der Waals surface area (Å²) in [6, 6.07) is 9.82. The van der Waals surface area contributed by atoms with Gasteiger partial charge in [-0.25, -0.2) is 0 Å². The van der Waals surface area contributed by atoms with Gasteiger partial charge in [0, 0.05) is 30.7 Å². The maximum absolute atomic E-state index is 12.0. The molecule has 3 unspecified atom stereocenters. The molecule has 3 atom stereocenters. The highest BCUT2D eigenvalue weighted by Crippen LogP contribution is 2.45. The molecule has 0 spiro atoms. The number of fused-ring (bicyclic) bond motifs is 2. The number of aromatic nitrogens is 3. The van der Waals surface area contributed by atoms with Gasteiger partial charge in [0.2, 0.25) is 17.8 Å². The van der Waals surface area contributed by atoms with E-state index in [1.165, 1.54) is 25.7 Å². The summed E-state index contributed by atoms with van der Waals surface area (Å²) in [5.41, 5.74) is 0.645. The van der Waals surface area contributed by atoms with E-state index < -0.39 is 0 Å². The Labute approximate surface area is 213 Å². The van der Waals surface area contributed by atoms with E-state index in [4.69, 9.17) is 9.47 Å². The van der Waals surface area contributed by atoms with Crippen LogP contribution >= 0.6 is 0 Å². The minimum absolute atomic E-state index is 0.0968. The summed E-state index contributed by atoms with van der Waals surface area (Å²) < 4.78 is 11.2. The number of nitrogens with one attached hydrogen (secondary N) is 4. The average Bonchev–Trinajstić information content (AvgIpc) is 3.48. The molecular formula is C26H39N7O3. The number of benzene rings is 1. The Kier molecular flexibility index (Phi) is 9.68. The van der Waals surface area contributed by atoms with E-state index in [1.54, 1.807) is 12.1 Å². The van der Waals surface area contributed by atoms with Gasteiger partial charge in [-0.2, -0.15) is 15.0 Å². The number of amides is 1. The van der Waals surface area contributed by atoms with Crippen molar-refractivity contribution in [3.05, 3.63) is 35.9 Å². The molecule has 1 heterocycles. The van der Waals surface area contributed by atoms with Crippen molar-refractivity contribution in [2.24, 2.45) is 11.8 Å². The fraction of sp³-hybridized carbons (Fsp3) is 0.615. The third-order valence-electron chi connectivity index (χ3n) is 6.58. The normalized spacial score (nSPS) is 20.5. The van der Waals surface area contributed by atoms with E-state index in [0.29, 0.717) is 69.0 Å². The number of carbonyl (C=O) groups is 1. The van der Waals surface area contributed by atoms with Gasteiger partial charge >= 0.3 is 0 Å². The van der Waals surface area contributed by atoms with E-state index in [2.05, 4.69) is 50.1 Å². The Bertz CT molecular complexity index is 960. The summed E-state index contributed by atoms with van der Waals surface area (Å²) in [5, 5.41) is 12.9. The number of rotatable bonds is 15. The number of hydrogen-bond donors (Lipinski definition) is 4. The molecule has 36 heavy (non-hydrogen) atoms. The van der Waals surface area contributed by atoms with Crippen LogP contribution in [0.1, 0.15) is 49.9 Å². The molecule has 1 aromatic heterocycles. The van der Waals surface area contributed by atoms with Crippen molar-refractivity contribution in [2.75, 3.05) is 55.5 Å². The van der Waals surface area contributed by atoms with Crippen LogP contribution in [0.25, 0.3) is 0 Å². The van der Waals surface area contributed by atoms with Crippen LogP contribution in [-0.4, -0.2) is 72.5 Å². The Morgan fingerprint density at radius 3 is 2.33 bits per heavy atom. The van der Waals surface area contributed by atoms with Crippen LogP contribution in [0.2, 0.25) is 0 Å². The van der Waals surface area contributed by atoms with Crippen LogP contribution in [0, 0.1) is 11.8 Å². The first kappa shape index (κ1) is 26.1. The molecule has 4 N–H and O–H groups in total. The van der Waals surface area contributed by atoms with Crippen LogP contribution in [0.15, 0.2) is 30.3 Å². The zero-order chi connectivity index (χ0) is 25.2. The maximum atomic E-state index is 12.0. The molecule has 2 aliphatic rings. The molecule has 0 saturated heterocycles. The Morgan fingerprint density at radius 1 is 0.917 bits per heavy atom. The van der Waals surface area contributed by atoms with Crippen molar-refractivity contribution in [1.82, 2.24) is 20.3 Å². The SMILES string of the molecule is CC(C)Nc1nc(NCCOCCOCCNC(=O)c2ccccc2)nc(NC2CC3CCC2C3)n1. The van der Waals surface area contributed by atoms with Crippen molar-refractivity contribution < 1.29 is 14.3 Å². The Morgan fingerprint density at radius 2 is 1.64 bits per heavy atom. The topological polar surface area (TPSA) is 122 Å². The van der Waals surface area contributed by atoms with Crippen molar-refractivity contribution in [2.45, 2.75) is 51.6 Å². The highest BCUT2D eigenvalue weighted by molar-refractivity contribution is 5.94. The zero-order valence-electron chi connectivity index (χ0n) is 21.3. The summed E-state index contributed by atoms with van der Waals surface area (Å²) in [5.74, 6) is 3.23. The van der Waals surface area contributed by atoms with Crippen molar-refractivity contribution in [3.8, 4) is 0 Å². The van der Waals surface area contributed by atoms with Crippen LogP contribution in [0.4, 0.5) is 17.8 Å². The highest BCUT2D eigenvalue weighted by atomic mass is 16.5. The van der Waals surface area contributed by atoms with Gasteiger partial charge in [0.1, 0.15) is 0 Å². The Balaban J connectivity index is 1.11. The standard InChI is InChI=1S/C26H39N7O3/c1-18(2)29-25-31-24(32-26(33-25)30-22-17-19-8-9-21(22)16-19)28-11-13-36-15-14-35-12-10-27-23(34)20-6-4-3-5-7-20/h3-7,18-19,21-22H,8-17H2,1-2H3,(H,27,34)(H3,28,29,30,31,32,33). The van der Waals surface area contributed by atoms with Gasteiger partial charge < -0.3 is 30.7 Å². The van der Waals surface area contributed by atoms with Gasteiger partial charge in [0.15, 0.2) is 0 Å². The first-order chi connectivity index (χ1) is 17.6. The second-order valence-electron chi connectivity index (χ2n) is 9.80. The smallest absolute Gasteiger partial charge is 0.251 e.